The molecule has 4 atom stereocenters. The first kappa shape index (κ1) is 27.8. The first-order valence-corrected chi connectivity index (χ1v) is 12.9. The van der Waals surface area contributed by atoms with Crippen molar-refractivity contribution in [1.29, 1.82) is 0 Å². The Hall–Kier alpha value is -0.200. The van der Waals surface area contributed by atoms with Gasteiger partial charge in [-0.3, -0.25) is 0 Å². The molecule has 0 aromatic heterocycles. The van der Waals surface area contributed by atoms with Gasteiger partial charge in [0.2, 0.25) is 0 Å². The van der Waals surface area contributed by atoms with Gasteiger partial charge in [-0.05, 0) is 12.8 Å². The first-order valence-electron chi connectivity index (χ1n) is 12.9. The summed E-state index contributed by atoms with van der Waals surface area (Å²) in [4.78, 5) is 0. The molecule has 0 radical (unpaired) electrons. The number of unbranched alkanes of at least 4 members (excludes halogenated alkanes) is 14. The van der Waals surface area contributed by atoms with Gasteiger partial charge in [0.05, 0.1) is 6.61 Å². The standard InChI is InChI=1S/C25H50O5/c1-3-5-7-9-11-12-13-14-16-18-20-25(29)24(28,23(27)22(26)21-30-25)19-17-15-10-8-6-4-2/h22-23,26-29H,3-21H2,1-2H3/t22-,23+,24-,25?/m1/s1. The van der Waals surface area contributed by atoms with E-state index < -0.39 is 23.6 Å². The Kier molecular flexibility index (Phi) is 14.5. The predicted molar refractivity (Wildman–Crippen MR) is 122 cm³/mol. The van der Waals surface area contributed by atoms with Crippen LogP contribution in [0.15, 0.2) is 0 Å². The SMILES string of the molecule is CCCCCCCCCCCCC1(O)OC[C@@H](O)[C@H](O)[C@]1(O)CCCCCCCC. The summed E-state index contributed by atoms with van der Waals surface area (Å²) in [6.45, 7) is 4.26. The van der Waals surface area contributed by atoms with Crippen molar-refractivity contribution in [2.75, 3.05) is 6.61 Å². The number of hydrogen-bond acceptors (Lipinski definition) is 5. The van der Waals surface area contributed by atoms with Crippen LogP contribution in [0.4, 0.5) is 0 Å². The van der Waals surface area contributed by atoms with Crippen LogP contribution in [0.25, 0.3) is 0 Å². The summed E-state index contributed by atoms with van der Waals surface area (Å²) in [6.07, 6.45) is 16.2. The Morgan fingerprint density at radius 2 is 1.03 bits per heavy atom. The molecule has 0 bridgehead atoms. The molecule has 0 spiro atoms. The molecule has 1 aliphatic rings. The maximum absolute atomic E-state index is 11.2. The van der Waals surface area contributed by atoms with E-state index in [1.54, 1.807) is 0 Å². The van der Waals surface area contributed by atoms with Crippen LogP contribution in [0.1, 0.15) is 129 Å². The molecule has 30 heavy (non-hydrogen) atoms. The van der Waals surface area contributed by atoms with Gasteiger partial charge in [-0.25, -0.2) is 0 Å². The molecular formula is C25H50O5. The molecule has 1 saturated heterocycles. The Balaban J connectivity index is 2.38. The fraction of sp³-hybridized carbons (Fsp3) is 1.00. The van der Waals surface area contributed by atoms with Gasteiger partial charge in [0.25, 0.3) is 0 Å². The third-order valence-electron chi connectivity index (χ3n) is 6.80. The molecule has 5 heteroatoms. The maximum Gasteiger partial charge on any atom is 0.197 e. The van der Waals surface area contributed by atoms with Crippen molar-refractivity contribution in [2.45, 2.75) is 153 Å². The molecule has 5 nitrogen and oxygen atoms in total. The van der Waals surface area contributed by atoms with Gasteiger partial charge in [0, 0.05) is 6.42 Å². The molecule has 1 fully saturated rings. The van der Waals surface area contributed by atoms with Gasteiger partial charge in [-0.15, -0.1) is 0 Å². The number of hydrogen-bond donors (Lipinski definition) is 4. The second-order valence-electron chi connectivity index (χ2n) is 9.48. The van der Waals surface area contributed by atoms with Crippen LogP contribution in [0, 0.1) is 0 Å². The Labute approximate surface area is 185 Å². The van der Waals surface area contributed by atoms with Crippen LogP contribution >= 0.6 is 0 Å². The van der Waals surface area contributed by atoms with E-state index in [1.807, 2.05) is 0 Å². The zero-order valence-electron chi connectivity index (χ0n) is 19.8. The Bertz CT molecular complexity index is 418. The van der Waals surface area contributed by atoms with Crippen molar-refractivity contribution in [1.82, 2.24) is 0 Å². The van der Waals surface area contributed by atoms with Gasteiger partial charge in [0.1, 0.15) is 17.8 Å². The number of ether oxygens (including phenoxy) is 1. The topological polar surface area (TPSA) is 90.2 Å². The lowest BCUT2D eigenvalue weighted by Gasteiger charge is -2.51. The summed E-state index contributed by atoms with van der Waals surface area (Å²) in [5, 5.41) is 42.8. The van der Waals surface area contributed by atoms with E-state index in [2.05, 4.69) is 13.8 Å². The summed E-state index contributed by atoms with van der Waals surface area (Å²) in [6, 6.07) is 0. The van der Waals surface area contributed by atoms with E-state index in [0.29, 0.717) is 12.8 Å². The molecule has 0 aliphatic carbocycles. The molecule has 0 amide bonds. The highest BCUT2D eigenvalue weighted by molar-refractivity contribution is 5.04. The number of aliphatic hydroxyl groups is 4. The molecule has 0 aromatic rings. The minimum atomic E-state index is -1.81. The van der Waals surface area contributed by atoms with E-state index in [0.717, 1.165) is 32.1 Å². The maximum atomic E-state index is 11.2. The van der Waals surface area contributed by atoms with Gasteiger partial charge < -0.3 is 25.2 Å². The van der Waals surface area contributed by atoms with Crippen LogP contribution in [-0.2, 0) is 4.74 Å². The normalized spacial score (nSPS) is 29.4. The van der Waals surface area contributed by atoms with Crippen molar-refractivity contribution in [2.24, 2.45) is 0 Å². The van der Waals surface area contributed by atoms with Gasteiger partial charge in [-0.2, -0.15) is 0 Å². The molecule has 1 heterocycles. The van der Waals surface area contributed by atoms with Crippen LogP contribution in [0.5, 0.6) is 0 Å². The van der Waals surface area contributed by atoms with Crippen LogP contribution < -0.4 is 0 Å². The molecule has 180 valence electrons. The van der Waals surface area contributed by atoms with E-state index in [4.69, 9.17) is 4.74 Å². The molecule has 0 aromatic carbocycles. The minimum Gasteiger partial charge on any atom is -0.388 e. The van der Waals surface area contributed by atoms with Gasteiger partial charge in [-0.1, -0.05) is 110 Å². The van der Waals surface area contributed by atoms with Crippen molar-refractivity contribution in [3.05, 3.63) is 0 Å². The fourth-order valence-electron chi connectivity index (χ4n) is 4.65. The second-order valence-corrected chi connectivity index (χ2v) is 9.48. The minimum absolute atomic E-state index is 0.145. The second kappa shape index (κ2) is 15.6. The number of aliphatic hydroxyl groups excluding tert-OH is 2. The quantitative estimate of drug-likeness (QED) is 0.224. The molecule has 1 aliphatic heterocycles. The van der Waals surface area contributed by atoms with E-state index in [1.165, 1.54) is 64.2 Å². The van der Waals surface area contributed by atoms with E-state index in [9.17, 15) is 20.4 Å². The van der Waals surface area contributed by atoms with Crippen molar-refractivity contribution in [3.8, 4) is 0 Å². The van der Waals surface area contributed by atoms with Crippen LogP contribution in [-0.4, -0.2) is 50.6 Å². The monoisotopic (exact) mass is 430 g/mol. The zero-order valence-corrected chi connectivity index (χ0v) is 19.8. The highest BCUT2D eigenvalue weighted by Gasteiger charge is 2.59. The smallest absolute Gasteiger partial charge is 0.197 e. The lowest BCUT2D eigenvalue weighted by atomic mass is 9.76. The molecular weight excluding hydrogens is 380 g/mol. The first-order chi connectivity index (χ1) is 14.4. The molecule has 1 rings (SSSR count). The highest BCUT2D eigenvalue weighted by atomic mass is 16.7. The van der Waals surface area contributed by atoms with Crippen LogP contribution in [0.2, 0.25) is 0 Å². The lowest BCUT2D eigenvalue weighted by molar-refractivity contribution is -0.370. The predicted octanol–water partition coefficient (Wildman–Crippen LogP) is 5.22. The number of rotatable bonds is 18. The summed E-state index contributed by atoms with van der Waals surface area (Å²) < 4.78 is 5.54. The lowest BCUT2D eigenvalue weighted by Crippen LogP contribution is -2.70. The molecule has 4 N–H and O–H groups in total. The van der Waals surface area contributed by atoms with Gasteiger partial charge >= 0.3 is 0 Å². The summed E-state index contributed by atoms with van der Waals surface area (Å²) in [5.41, 5.74) is -1.81. The van der Waals surface area contributed by atoms with Crippen LogP contribution in [0.3, 0.4) is 0 Å². The average Bonchev–Trinajstić information content (AvgIpc) is 2.74. The third kappa shape index (κ3) is 9.12. The van der Waals surface area contributed by atoms with Crippen molar-refractivity contribution >= 4 is 0 Å². The van der Waals surface area contributed by atoms with E-state index >= 15 is 0 Å². The Morgan fingerprint density at radius 3 is 1.50 bits per heavy atom. The van der Waals surface area contributed by atoms with Crippen molar-refractivity contribution < 1.29 is 25.2 Å². The van der Waals surface area contributed by atoms with Gasteiger partial charge in [0.15, 0.2) is 5.79 Å². The summed E-state index contributed by atoms with van der Waals surface area (Å²) in [5.74, 6) is -1.78. The Morgan fingerprint density at radius 1 is 0.633 bits per heavy atom. The molecule has 0 saturated carbocycles. The third-order valence-corrected chi connectivity index (χ3v) is 6.80. The molecule has 1 unspecified atom stereocenters. The summed E-state index contributed by atoms with van der Waals surface area (Å²) in [7, 11) is 0. The van der Waals surface area contributed by atoms with Crippen molar-refractivity contribution in [3.63, 3.8) is 0 Å². The average molecular weight is 431 g/mol. The largest absolute Gasteiger partial charge is 0.388 e. The highest BCUT2D eigenvalue weighted by Crippen LogP contribution is 2.41. The zero-order chi connectivity index (χ0) is 22.3. The van der Waals surface area contributed by atoms with E-state index in [-0.39, 0.29) is 13.0 Å². The fourth-order valence-corrected chi connectivity index (χ4v) is 4.65. The summed E-state index contributed by atoms with van der Waals surface area (Å²) >= 11 is 0.